The molecule has 9 heteroatoms. The van der Waals surface area contributed by atoms with Crippen molar-refractivity contribution < 1.29 is 14.2 Å². The second kappa shape index (κ2) is 11.5. The van der Waals surface area contributed by atoms with Gasteiger partial charge in [-0.3, -0.25) is 0 Å². The van der Waals surface area contributed by atoms with Crippen LogP contribution in [0.15, 0.2) is 34.6 Å². The molecule has 2 aromatic rings. The van der Waals surface area contributed by atoms with Crippen molar-refractivity contribution >= 4 is 18.5 Å². The lowest BCUT2D eigenvalue weighted by atomic mass is 10.2. The number of benzene rings is 1. The minimum Gasteiger partial charge on any atom is -0.493 e. The predicted octanol–water partition coefficient (Wildman–Crippen LogP) is 2.16. The summed E-state index contributed by atoms with van der Waals surface area (Å²) in [7, 11) is 6.63. The Morgan fingerprint density at radius 1 is 1.22 bits per heavy atom. The van der Waals surface area contributed by atoms with Gasteiger partial charge in [0.2, 0.25) is 11.7 Å². The SMILES string of the molecule is C=N/C(N)=N\c1cn(-c2cc(OC)c(OC)c(OC)c2)cn1.CCCNC. The van der Waals surface area contributed by atoms with E-state index in [-0.39, 0.29) is 5.96 Å². The number of nitrogens with two attached hydrogens (primary N) is 1. The van der Waals surface area contributed by atoms with Crippen LogP contribution in [0.1, 0.15) is 13.3 Å². The van der Waals surface area contributed by atoms with Gasteiger partial charge in [0.25, 0.3) is 0 Å². The summed E-state index contributed by atoms with van der Waals surface area (Å²) in [5, 5.41) is 3.02. The number of hydrogen-bond acceptors (Lipinski definition) is 6. The quantitative estimate of drug-likeness (QED) is 0.566. The third-order valence-electron chi connectivity index (χ3n) is 3.41. The second-order valence-corrected chi connectivity index (χ2v) is 5.25. The number of hydrogen-bond donors (Lipinski definition) is 2. The van der Waals surface area contributed by atoms with Gasteiger partial charge in [-0.15, -0.1) is 0 Å². The van der Waals surface area contributed by atoms with E-state index in [4.69, 9.17) is 19.9 Å². The summed E-state index contributed by atoms with van der Waals surface area (Å²) in [4.78, 5) is 11.6. The Kier molecular flexibility index (Phi) is 9.38. The Morgan fingerprint density at radius 2 is 1.85 bits per heavy atom. The first-order valence-corrected chi connectivity index (χ1v) is 8.34. The Hall–Kier alpha value is -3.07. The average Bonchev–Trinajstić information content (AvgIpc) is 3.16. The van der Waals surface area contributed by atoms with Crippen molar-refractivity contribution in [3.8, 4) is 22.9 Å². The standard InChI is InChI=1S/C14H17N5O3.C4H11N/c1-16-14(15)18-12-7-19(8-17-12)9-5-10(20-2)13(22-4)11(6-9)21-3;1-3-4-5-2/h5-8H,1H2,2-4H3,(H2,15,18);5H,3-4H2,1-2H3. The highest BCUT2D eigenvalue weighted by Gasteiger charge is 2.14. The maximum absolute atomic E-state index is 5.50. The molecule has 1 aromatic heterocycles. The van der Waals surface area contributed by atoms with Crippen molar-refractivity contribution in [2.45, 2.75) is 13.3 Å². The highest BCUT2D eigenvalue weighted by Crippen LogP contribution is 2.39. The van der Waals surface area contributed by atoms with Gasteiger partial charge in [0.1, 0.15) is 6.33 Å². The highest BCUT2D eigenvalue weighted by atomic mass is 16.5. The van der Waals surface area contributed by atoms with Crippen molar-refractivity contribution in [2.24, 2.45) is 15.7 Å². The van der Waals surface area contributed by atoms with Gasteiger partial charge in [0, 0.05) is 12.1 Å². The summed E-state index contributed by atoms with van der Waals surface area (Å²) in [6.45, 7) is 6.59. The maximum atomic E-state index is 5.50. The minimum absolute atomic E-state index is 0.0511. The van der Waals surface area contributed by atoms with Gasteiger partial charge >= 0.3 is 0 Å². The molecule has 27 heavy (non-hydrogen) atoms. The fourth-order valence-corrected chi connectivity index (χ4v) is 2.13. The van der Waals surface area contributed by atoms with E-state index in [9.17, 15) is 0 Å². The molecule has 1 heterocycles. The predicted molar refractivity (Wildman–Crippen MR) is 108 cm³/mol. The summed E-state index contributed by atoms with van der Waals surface area (Å²) in [6.07, 6.45) is 4.52. The van der Waals surface area contributed by atoms with Gasteiger partial charge in [0.15, 0.2) is 17.3 Å². The van der Waals surface area contributed by atoms with Gasteiger partial charge in [-0.2, -0.15) is 4.99 Å². The van der Waals surface area contributed by atoms with Gasteiger partial charge in [-0.05, 0) is 26.7 Å². The summed E-state index contributed by atoms with van der Waals surface area (Å²) in [5.41, 5.74) is 6.27. The second-order valence-electron chi connectivity index (χ2n) is 5.25. The molecule has 2 rings (SSSR count). The zero-order valence-corrected chi connectivity index (χ0v) is 16.5. The number of aromatic nitrogens is 2. The van der Waals surface area contributed by atoms with E-state index >= 15 is 0 Å². The fourth-order valence-electron chi connectivity index (χ4n) is 2.13. The lowest BCUT2D eigenvalue weighted by molar-refractivity contribution is 0.324. The Labute approximate surface area is 159 Å². The molecule has 0 atom stereocenters. The number of aliphatic imine (C=N–C) groups is 2. The molecule has 0 spiro atoms. The fraction of sp³-hybridized carbons (Fsp3) is 0.389. The van der Waals surface area contributed by atoms with Crippen molar-refractivity contribution in [1.29, 1.82) is 0 Å². The normalized spacial score (nSPS) is 10.6. The van der Waals surface area contributed by atoms with Crippen LogP contribution in [0.3, 0.4) is 0 Å². The molecule has 1 aromatic carbocycles. The van der Waals surface area contributed by atoms with Crippen LogP contribution in [0.4, 0.5) is 5.82 Å². The van der Waals surface area contributed by atoms with E-state index < -0.39 is 0 Å². The largest absolute Gasteiger partial charge is 0.493 e. The molecule has 148 valence electrons. The van der Waals surface area contributed by atoms with Crippen LogP contribution in [0.5, 0.6) is 17.2 Å². The smallest absolute Gasteiger partial charge is 0.221 e. The molecule has 9 nitrogen and oxygen atoms in total. The minimum atomic E-state index is 0.0511. The first kappa shape index (κ1) is 22.0. The number of rotatable bonds is 7. The third-order valence-corrected chi connectivity index (χ3v) is 3.41. The van der Waals surface area contributed by atoms with E-state index in [1.807, 2.05) is 7.05 Å². The molecular weight excluding hydrogens is 348 g/mol. The van der Waals surface area contributed by atoms with Gasteiger partial charge in [0.05, 0.1) is 33.2 Å². The van der Waals surface area contributed by atoms with Crippen LogP contribution in [-0.2, 0) is 0 Å². The van der Waals surface area contributed by atoms with Crippen LogP contribution in [0.2, 0.25) is 0 Å². The molecule has 0 saturated heterocycles. The van der Waals surface area contributed by atoms with Crippen molar-refractivity contribution in [2.75, 3.05) is 34.9 Å². The zero-order chi connectivity index (χ0) is 20.2. The molecule has 0 bridgehead atoms. The first-order chi connectivity index (χ1) is 13.0. The number of ether oxygens (including phenoxy) is 3. The van der Waals surface area contributed by atoms with Crippen molar-refractivity contribution in [3.05, 3.63) is 24.7 Å². The van der Waals surface area contributed by atoms with Crippen molar-refractivity contribution in [1.82, 2.24) is 14.9 Å². The lowest BCUT2D eigenvalue weighted by Crippen LogP contribution is -2.06. The Morgan fingerprint density at radius 3 is 2.26 bits per heavy atom. The summed E-state index contributed by atoms with van der Waals surface area (Å²) < 4.78 is 17.7. The van der Waals surface area contributed by atoms with E-state index in [2.05, 4.69) is 33.9 Å². The van der Waals surface area contributed by atoms with Crippen LogP contribution >= 0.6 is 0 Å². The van der Waals surface area contributed by atoms with Gasteiger partial charge in [-0.1, -0.05) is 6.92 Å². The molecule has 3 N–H and O–H groups in total. The number of nitrogens with one attached hydrogen (secondary N) is 1. The monoisotopic (exact) mass is 376 g/mol. The summed E-state index contributed by atoms with van der Waals surface area (Å²) in [6, 6.07) is 3.59. The number of nitrogens with zero attached hydrogens (tertiary/aromatic N) is 4. The van der Waals surface area contributed by atoms with Crippen LogP contribution in [0.25, 0.3) is 5.69 Å². The lowest BCUT2D eigenvalue weighted by Gasteiger charge is -2.14. The van der Waals surface area contributed by atoms with E-state index in [0.717, 1.165) is 12.2 Å². The Balaban J connectivity index is 0.000000646. The molecule has 0 amide bonds. The molecule has 0 saturated carbocycles. The topological polar surface area (TPSA) is 108 Å². The molecule has 0 radical (unpaired) electrons. The summed E-state index contributed by atoms with van der Waals surface area (Å²) >= 11 is 0. The molecule has 0 aliphatic heterocycles. The summed E-state index contributed by atoms with van der Waals surface area (Å²) in [5.74, 6) is 2.08. The van der Waals surface area contributed by atoms with Crippen LogP contribution in [0, 0.1) is 0 Å². The average molecular weight is 376 g/mol. The molecule has 0 fully saturated rings. The Bertz CT molecular complexity index is 730. The van der Waals surface area contributed by atoms with Gasteiger partial charge < -0.3 is 29.8 Å². The molecule has 0 unspecified atom stereocenters. The number of guanidine groups is 1. The zero-order valence-electron chi connectivity index (χ0n) is 16.5. The third kappa shape index (κ3) is 6.30. The van der Waals surface area contributed by atoms with Crippen LogP contribution < -0.4 is 25.3 Å². The van der Waals surface area contributed by atoms with Crippen molar-refractivity contribution in [3.63, 3.8) is 0 Å². The van der Waals surface area contributed by atoms with E-state index in [1.54, 1.807) is 50.6 Å². The first-order valence-electron chi connectivity index (χ1n) is 8.34. The molecule has 0 aliphatic rings. The molecule has 0 aliphatic carbocycles. The number of imidazole rings is 1. The highest BCUT2D eigenvalue weighted by molar-refractivity contribution is 5.84. The van der Waals surface area contributed by atoms with Gasteiger partial charge in [-0.25, -0.2) is 9.98 Å². The van der Waals surface area contributed by atoms with E-state index in [0.29, 0.717) is 23.1 Å². The van der Waals surface area contributed by atoms with E-state index in [1.165, 1.54) is 6.42 Å². The molecular formula is C18H28N6O3. The van der Waals surface area contributed by atoms with Crippen LogP contribution in [-0.4, -0.2) is 57.1 Å². The number of methoxy groups -OCH3 is 3. The maximum Gasteiger partial charge on any atom is 0.221 e.